The summed E-state index contributed by atoms with van der Waals surface area (Å²) in [6.45, 7) is 9.27. The van der Waals surface area contributed by atoms with Crippen LogP contribution in [0, 0.1) is 0 Å². The van der Waals surface area contributed by atoms with Crippen molar-refractivity contribution in [2.45, 2.75) is 26.4 Å². The minimum atomic E-state index is 0. The molecule has 1 atom stereocenters. The average Bonchev–Trinajstić information content (AvgIpc) is 2.74. The zero-order valence-corrected chi connectivity index (χ0v) is 19.1. The van der Waals surface area contributed by atoms with Crippen molar-refractivity contribution in [3.8, 4) is 0 Å². The van der Waals surface area contributed by atoms with Gasteiger partial charge in [-0.2, -0.15) is 0 Å². The predicted molar refractivity (Wildman–Crippen MR) is 128 cm³/mol. The fourth-order valence-corrected chi connectivity index (χ4v) is 3.15. The molecule has 0 aliphatic carbocycles. The molecule has 1 heterocycles. The van der Waals surface area contributed by atoms with Gasteiger partial charge in [0.25, 0.3) is 0 Å². The first-order chi connectivity index (χ1) is 13.3. The van der Waals surface area contributed by atoms with E-state index in [-0.39, 0.29) is 30.0 Å². The van der Waals surface area contributed by atoms with E-state index in [4.69, 9.17) is 9.73 Å². The summed E-state index contributed by atoms with van der Waals surface area (Å²) in [6, 6.07) is 19.3. The highest BCUT2D eigenvalue weighted by Crippen LogP contribution is 2.17. The maximum absolute atomic E-state index is 5.42. The molecule has 1 saturated heterocycles. The summed E-state index contributed by atoms with van der Waals surface area (Å²) in [7, 11) is 0. The van der Waals surface area contributed by atoms with Gasteiger partial charge in [0.05, 0.1) is 25.8 Å². The van der Waals surface area contributed by atoms with Crippen molar-refractivity contribution < 1.29 is 4.74 Å². The summed E-state index contributed by atoms with van der Waals surface area (Å²) in [5, 5.41) is 6.82. The Hall–Kier alpha value is -1.80. The lowest BCUT2D eigenvalue weighted by atomic mass is 10.1. The Bertz CT molecular complexity index is 715. The third-order valence-electron chi connectivity index (χ3n) is 4.73. The van der Waals surface area contributed by atoms with Crippen molar-refractivity contribution in [2.75, 3.05) is 37.7 Å². The largest absolute Gasteiger partial charge is 0.378 e. The minimum Gasteiger partial charge on any atom is -0.378 e. The second-order valence-electron chi connectivity index (χ2n) is 6.74. The lowest BCUT2D eigenvalue weighted by Gasteiger charge is -2.28. The highest BCUT2D eigenvalue weighted by molar-refractivity contribution is 14.0. The molecule has 1 aliphatic rings. The zero-order chi connectivity index (χ0) is 18.9. The number of benzene rings is 2. The Kier molecular flexibility index (Phi) is 9.57. The second kappa shape index (κ2) is 11.9. The topological polar surface area (TPSA) is 48.9 Å². The third-order valence-corrected chi connectivity index (χ3v) is 4.73. The van der Waals surface area contributed by atoms with E-state index in [0.29, 0.717) is 6.54 Å². The van der Waals surface area contributed by atoms with Crippen LogP contribution in [-0.2, 0) is 11.3 Å². The molecular weight excluding hydrogens is 463 g/mol. The summed E-state index contributed by atoms with van der Waals surface area (Å²) in [4.78, 5) is 7.12. The highest BCUT2D eigenvalue weighted by Gasteiger charge is 2.11. The predicted octanol–water partition coefficient (Wildman–Crippen LogP) is 3.96. The maximum Gasteiger partial charge on any atom is 0.192 e. The second-order valence-corrected chi connectivity index (χ2v) is 6.74. The van der Waals surface area contributed by atoms with Gasteiger partial charge in [-0.3, -0.25) is 0 Å². The third kappa shape index (κ3) is 6.67. The smallest absolute Gasteiger partial charge is 0.192 e. The molecule has 0 amide bonds. The zero-order valence-electron chi connectivity index (χ0n) is 16.7. The number of hydrogen-bond donors (Lipinski definition) is 2. The van der Waals surface area contributed by atoms with E-state index in [2.05, 4.69) is 77.9 Å². The summed E-state index contributed by atoms with van der Waals surface area (Å²) < 4.78 is 5.42. The Morgan fingerprint density at radius 2 is 1.75 bits per heavy atom. The van der Waals surface area contributed by atoms with Crippen molar-refractivity contribution in [3.05, 3.63) is 65.7 Å². The van der Waals surface area contributed by atoms with E-state index in [1.165, 1.54) is 16.8 Å². The Labute approximate surface area is 185 Å². The number of hydrogen-bond acceptors (Lipinski definition) is 3. The molecule has 3 rings (SSSR count). The van der Waals surface area contributed by atoms with Crippen LogP contribution in [0.1, 0.15) is 31.0 Å². The quantitative estimate of drug-likeness (QED) is 0.363. The summed E-state index contributed by atoms with van der Waals surface area (Å²) in [5.41, 5.74) is 3.71. The molecule has 1 aliphatic heterocycles. The monoisotopic (exact) mass is 494 g/mol. The standard InChI is InChI=1S/C22H30N4O.HI/c1-3-23-22(25-18(2)20-7-5-4-6-8-20)24-17-19-9-11-21(12-10-19)26-13-15-27-16-14-26;/h4-12,18H,3,13-17H2,1-2H3,(H2,23,24,25);1H. The van der Waals surface area contributed by atoms with Gasteiger partial charge in [0, 0.05) is 25.3 Å². The van der Waals surface area contributed by atoms with Crippen molar-refractivity contribution in [1.82, 2.24) is 10.6 Å². The molecule has 152 valence electrons. The number of halogens is 1. The van der Waals surface area contributed by atoms with Gasteiger partial charge in [-0.05, 0) is 37.1 Å². The van der Waals surface area contributed by atoms with Gasteiger partial charge < -0.3 is 20.3 Å². The van der Waals surface area contributed by atoms with E-state index in [1.54, 1.807) is 0 Å². The van der Waals surface area contributed by atoms with Gasteiger partial charge in [-0.15, -0.1) is 24.0 Å². The van der Waals surface area contributed by atoms with Gasteiger partial charge in [0.15, 0.2) is 5.96 Å². The van der Waals surface area contributed by atoms with E-state index >= 15 is 0 Å². The van der Waals surface area contributed by atoms with Crippen LogP contribution >= 0.6 is 24.0 Å². The van der Waals surface area contributed by atoms with Crippen LogP contribution in [0.3, 0.4) is 0 Å². The highest BCUT2D eigenvalue weighted by atomic mass is 127. The lowest BCUT2D eigenvalue weighted by molar-refractivity contribution is 0.122. The molecule has 0 aromatic heterocycles. The first kappa shape index (κ1) is 22.5. The number of morpholine rings is 1. The minimum absolute atomic E-state index is 0. The number of anilines is 1. The Morgan fingerprint density at radius 1 is 1.07 bits per heavy atom. The molecule has 2 aromatic carbocycles. The summed E-state index contributed by atoms with van der Waals surface area (Å²) >= 11 is 0. The molecule has 1 unspecified atom stereocenters. The lowest BCUT2D eigenvalue weighted by Crippen LogP contribution is -2.38. The van der Waals surface area contributed by atoms with Crippen LogP contribution in [0.15, 0.2) is 59.6 Å². The average molecular weight is 494 g/mol. The molecular formula is C22H31IN4O. The van der Waals surface area contributed by atoms with E-state index in [1.807, 2.05) is 6.07 Å². The molecule has 0 bridgehead atoms. The number of guanidine groups is 1. The molecule has 2 N–H and O–H groups in total. The van der Waals surface area contributed by atoms with Crippen molar-refractivity contribution in [2.24, 2.45) is 4.99 Å². The molecule has 0 radical (unpaired) electrons. The summed E-state index contributed by atoms with van der Waals surface area (Å²) in [5.74, 6) is 0.839. The van der Waals surface area contributed by atoms with Gasteiger partial charge in [0.1, 0.15) is 0 Å². The Balaban J connectivity index is 0.00000280. The number of rotatable bonds is 6. The number of aliphatic imine (C=N–C) groups is 1. The van der Waals surface area contributed by atoms with Gasteiger partial charge >= 0.3 is 0 Å². The van der Waals surface area contributed by atoms with Gasteiger partial charge in [-0.1, -0.05) is 42.5 Å². The van der Waals surface area contributed by atoms with Gasteiger partial charge in [0.2, 0.25) is 0 Å². The van der Waals surface area contributed by atoms with Crippen molar-refractivity contribution >= 4 is 35.6 Å². The molecule has 2 aromatic rings. The van der Waals surface area contributed by atoms with Gasteiger partial charge in [-0.25, -0.2) is 4.99 Å². The first-order valence-corrected chi connectivity index (χ1v) is 9.77. The fourth-order valence-electron chi connectivity index (χ4n) is 3.15. The van der Waals surface area contributed by atoms with Crippen molar-refractivity contribution in [3.63, 3.8) is 0 Å². The molecule has 6 heteroatoms. The molecule has 5 nitrogen and oxygen atoms in total. The van der Waals surface area contributed by atoms with Crippen molar-refractivity contribution in [1.29, 1.82) is 0 Å². The van der Waals surface area contributed by atoms with E-state index in [9.17, 15) is 0 Å². The van der Waals surface area contributed by atoms with Crippen LogP contribution in [0.5, 0.6) is 0 Å². The molecule has 28 heavy (non-hydrogen) atoms. The Morgan fingerprint density at radius 3 is 2.39 bits per heavy atom. The van der Waals surface area contributed by atoms with Crippen LogP contribution in [0.2, 0.25) is 0 Å². The fraction of sp³-hybridized carbons (Fsp3) is 0.409. The van der Waals surface area contributed by atoms with Crippen LogP contribution < -0.4 is 15.5 Å². The maximum atomic E-state index is 5.42. The summed E-state index contributed by atoms with van der Waals surface area (Å²) in [6.07, 6.45) is 0. The van der Waals surface area contributed by atoms with Crippen LogP contribution in [0.4, 0.5) is 5.69 Å². The van der Waals surface area contributed by atoms with E-state index < -0.39 is 0 Å². The molecule has 0 spiro atoms. The number of ether oxygens (including phenoxy) is 1. The SMILES string of the molecule is CCNC(=NCc1ccc(N2CCOCC2)cc1)NC(C)c1ccccc1.I. The molecule has 1 fully saturated rings. The van der Waals surface area contributed by atoms with Crippen LogP contribution in [0.25, 0.3) is 0 Å². The number of nitrogens with zero attached hydrogens (tertiary/aromatic N) is 2. The first-order valence-electron chi connectivity index (χ1n) is 9.77. The normalized spacial score (nSPS) is 15.5. The van der Waals surface area contributed by atoms with E-state index in [0.717, 1.165) is 38.8 Å². The van der Waals surface area contributed by atoms with Crippen LogP contribution in [-0.4, -0.2) is 38.8 Å². The molecule has 0 saturated carbocycles. The number of nitrogens with one attached hydrogen (secondary N) is 2.